The first kappa shape index (κ1) is 28.1. The lowest BCUT2D eigenvalue weighted by Gasteiger charge is -2.66. The Balaban J connectivity index is 1.73. The predicted molar refractivity (Wildman–Crippen MR) is 142 cm³/mol. The summed E-state index contributed by atoms with van der Waals surface area (Å²) in [7, 11) is 0. The highest BCUT2D eigenvalue weighted by Crippen LogP contribution is 2.69. The van der Waals surface area contributed by atoms with Crippen LogP contribution in [0, 0.1) is 46.3 Å². The van der Waals surface area contributed by atoms with Crippen molar-refractivity contribution < 1.29 is 24.9 Å². The first-order valence-corrected chi connectivity index (χ1v) is 14.6. The summed E-state index contributed by atoms with van der Waals surface area (Å²) in [6.45, 7) is 17.6. The van der Waals surface area contributed by atoms with Crippen LogP contribution in [0.1, 0.15) is 107 Å². The second-order valence-corrected chi connectivity index (χ2v) is 14.1. The number of rotatable bonds is 5. The van der Waals surface area contributed by atoms with Crippen molar-refractivity contribution in [3.8, 4) is 0 Å². The highest BCUT2D eigenvalue weighted by atomic mass is 16.5. The third kappa shape index (κ3) is 4.29. The smallest absolute Gasteiger partial charge is 0.302 e. The minimum absolute atomic E-state index is 0.0140. The number of esters is 1. The van der Waals surface area contributed by atoms with Crippen LogP contribution in [0.25, 0.3) is 0 Å². The lowest BCUT2D eigenvalue weighted by molar-refractivity contribution is -0.281. The first-order valence-electron chi connectivity index (χ1n) is 14.6. The van der Waals surface area contributed by atoms with Crippen molar-refractivity contribution in [3.63, 3.8) is 0 Å². The number of ether oxygens (including phenoxy) is 1. The van der Waals surface area contributed by atoms with Gasteiger partial charge in [-0.25, -0.2) is 0 Å². The molecule has 4 aliphatic carbocycles. The maximum atomic E-state index is 12.4. The zero-order chi connectivity index (χ0) is 26.8. The van der Waals surface area contributed by atoms with Crippen LogP contribution < -0.4 is 0 Å². The second kappa shape index (κ2) is 9.68. The van der Waals surface area contributed by atoms with Gasteiger partial charge in [0, 0.05) is 24.7 Å². The van der Waals surface area contributed by atoms with Gasteiger partial charge in [0.25, 0.3) is 0 Å². The Hall–Kier alpha value is -0.910. The number of aliphatic hydroxyl groups excluding tert-OH is 2. The summed E-state index contributed by atoms with van der Waals surface area (Å²) in [5.41, 5.74) is 1.03. The quantitative estimate of drug-likeness (QED) is 0.333. The summed E-state index contributed by atoms with van der Waals surface area (Å²) < 4.78 is 6.12. The molecule has 0 aromatic rings. The van der Waals surface area contributed by atoms with Crippen molar-refractivity contribution in [2.45, 2.75) is 131 Å². The average molecular weight is 505 g/mol. The molecule has 0 heterocycles. The van der Waals surface area contributed by atoms with E-state index in [9.17, 15) is 20.1 Å². The Morgan fingerprint density at radius 3 is 2.36 bits per heavy atom. The van der Waals surface area contributed by atoms with Crippen molar-refractivity contribution in [2.75, 3.05) is 0 Å². The van der Waals surface area contributed by atoms with Gasteiger partial charge >= 0.3 is 5.97 Å². The summed E-state index contributed by atoms with van der Waals surface area (Å²) in [4.78, 5) is 12.4. The molecule has 0 aliphatic heterocycles. The SMILES string of the molecule is CC(=O)O[C@@H]1C[C@]2(C)/C(=C(\C)C[C@@H](C)[C@H](C)C(C)C)CC[C@H]2[C@@H]2C[C@@H](O)[C@@]3(O)C[C@@H](O)CC[C@]3(C)[C@H]21. The Morgan fingerprint density at radius 1 is 1.08 bits per heavy atom. The molecule has 0 aromatic heterocycles. The van der Waals surface area contributed by atoms with E-state index in [0.29, 0.717) is 42.9 Å². The van der Waals surface area contributed by atoms with Gasteiger partial charge in [-0.1, -0.05) is 52.7 Å². The van der Waals surface area contributed by atoms with Crippen molar-refractivity contribution >= 4 is 5.97 Å². The molecule has 0 unspecified atom stereocenters. The molecule has 5 heteroatoms. The van der Waals surface area contributed by atoms with Crippen molar-refractivity contribution in [1.29, 1.82) is 0 Å². The maximum Gasteiger partial charge on any atom is 0.302 e. The Morgan fingerprint density at radius 2 is 1.75 bits per heavy atom. The molecule has 4 fully saturated rings. The topological polar surface area (TPSA) is 87.0 Å². The predicted octanol–water partition coefficient (Wildman–Crippen LogP) is 5.65. The van der Waals surface area contributed by atoms with Crippen molar-refractivity contribution in [3.05, 3.63) is 11.1 Å². The molecule has 4 aliphatic rings. The molecule has 3 N–H and O–H groups in total. The van der Waals surface area contributed by atoms with Gasteiger partial charge in [0.2, 0.25) is 0 Å². The van der Waals surface area contributed by atoms with Crippen LogP contribution in [0.5, 0.6) is 0 Å². The van der Waals surface area contributed by atoms with Gasteiger partial charge in [0.1, 0.15) is 6.10 Å². The van der Waals surface area contributed by atoms with Crippen LogP contribution in [0.3, 0.4) is 0 Å². The molecule has 5 nitrogen and oxygen atoms in total. The van der Waals surface area contributed by atoms with E-state index < -0.39 is 23.2 Å². The van der Waals surface area contributed by atoms with Gasteiger partial charge in [0.15, 0.2) is 0 Å². The molecule has 0 spiro atoms. The number of aliphatic hydroxyl groups is 3. The molecule has 0 amide bonds. The van der Waals surface area contributed by atoms with Gasteiger partial charge in [-0.3, -0.25) is 4.79 Å². The molecule has 4 rings (SSSR count). The Labute approximate surface area is 219 Å². The molecule has 0 saturated heterocycles. The highest BCUT2D eigenvalue weighted by molar-refractivity contribution is 5.66. The van der Waals surface area contributed by atoms with E-state index in [-0.39, 0.29) is 35.7 Å². The lowest BCUT2D eigenvalue weighted by atomic mass is 9.42. The van der Waals surface area contributed by atoms with E-state index in [1.54, 1.807) is 5.57 Å². The highest BCUT2D eigenvalue weighted by Gasteiger charge is 2.69. The second-order valence-electron chi connectivity index (χ2n) is 14.1. The number of carbonyl (C=O) groups excluding carboxylic acids is 1. The number of hydrogen-bond donors (Lipinski definition) is 3. The summed E-state index contributed by atoms with van der Waals surface area (Å²) in [5, 5.41) is 33.7. The average Bonchev–Trinajstić information content (AvgIpc) is 3.11. The molecule has 206 valence electrons. The maximum absolute atomic E-state index is 12.4. The van der Waals surface area contributed by atoms with E-state index in [1.807, 2.05) is 0 Å². The van der Waals surface area contributed by atoms with E-state index in [0.717, 1.165) is 25.7 Å². The number of hydrogen-bond acceptors (Lipinski definition) is 5. The van der Waals surface area contributed by atoms with Gasteiger partial charge in [-0.2, -0.15) is 0 Å². The molecular formula is C31H52O5. The Bertz CT molecular complexity index is 880. The summed E-state index contributed by atoms with van der Waals surface area (Å²) in [6.07, 6.45) is 4.22. The molecule has 0 aromatic carbocycles. The third-order valence-corrected chi connectivity index (χ3v) is 11.9. The zero-order valence-corrected chi connectivity index (χ0v) is 24.0. The molecule has 0 bridgehead atoms. The van der Waals surface area contributed by atoms with E-state index in [1.165, 1.54) is 12.5 Å². The summed E-state index contributed by atoms with van der Waals surface area (Å²) in [6, 6.07) is 0. The molecule has 0 radical (unpaired) electrons. The van der Waals surface area contributed by atoms with Gasteiger partial charge < -0.3 is 20.1 Å². The molecular weight excluding hydrogens is 452 g/mol. The van der Waals surface area contributed by atoms with Crippen molar-refractivity contribution in [2.24, 2.45) is 46.3 Å². The normalized spacial score (nSPS) is 47.4. The van der Waals surface area contributed by atoms with Crippen LogP contribution in [0.2, 0.25) is 0 Å². The standard InChI is InChI=1S/C31H52O5/c1-17(2)20(5)18(3)13-19(4)24-9-10-25-23-14-27(34)31(35)15-22(33)11-12-30(31,8)28(23)26(36-21(6)32)16-29(24,25)7/h17-18,20,22-23,25-28,33-35H,9-16H2,1-8H3/b24-19+/t18-,20-,22+,23+,25+,26-,27-,28-,29-,30-,31+/m1/s1. The fraction of sp³-hybridized carbons (Fsp3) is 0.903. The van der Waals surface area contributed by atoms with Crippen molar-refractivity contribution in [1.82, 2.24) is 0 Å². The van der Waals surface area contributed by atoms with E-state index in [4.69, 9.17) is 4.74 Å². The fourth-order valence-electron chi connectivity index (χ4n) is 9.63. The monoisotopic (exact) mass is 504 g/mol. The van der Waals surface area contributed by atoms with Crippen LogP contribution in [0.15, 0.2) is 11.1 Å². The number of fused-ring (bicyclic) bond motifs is 5. The Kier molecular flexibility index (Phi) is 7.56. The van der Waals surface area contributed by atoms with Gasteiger partial charge in [0.05, 0.1) is 17.8 Å². The lowest BCUT2D eigenvalue weighted by Crippen LogP contribution is -2.71. The van der Waals surface area contributed by atoms with Crippen LogP contribution >= 0.6 is 0 Å². The molecule has 11 atom stereocenters. The minimum Gasteiger partial charge on any atom is -0.462 e. The molecule has 4 saturated carbocycles. The van der Waals surface area contributed by atoms with E-state index >= 15 is 0 Å². The van der Waals surface area contributed by atoms with Crippen LogP contribution in [0.4, 0.5) is 0 Å². The fourth-order valence-corrected chi connectivity index (χ4v) is 9.63. The third-order valence-electron chi connectivity index (χ3n) is 11.9. The summed E-state index contributed by atoms with van der Waals surface area (Å²) >= 11 is 0. The molecule has 36 heavy (non-hydrogen) atoms. The summed E-state index contributed by atoms with van der Waals surface area (Å²) in [5.74, 6) is 2.23. The van der Waals surface area contributed by atoms with Crippen LogP contribution in [-0.2, 0) is 9.53 Å². The van der Waals surface area contributed by atoms with E-state index in [2.05, 4.69) is 48.5 Å². The first-order chi connectivity index (χ1) is 16.7. The zero-order valence-electron chi connectivity index (χ0n) is 24.0. The van der Waals surface area contributed by atoms with Gasteiger partial charge in [-0.05, 0) is 86.9 Å². The largest absolute Gasteiger partial charge is 0.462 e. The number of allylic oxidation sites excluding steroid dienone is 2. The van der Waals surface area contributed by atoms with Gasteiger partial charge in [-0.15, -0.1) is 0 Å². The van der Waals surface area contributed by atoms with Crippen LogP contribution in [-0.4, -0.2) is 45.2 Å². The number of carbonyl (C=O) groups is 1. The minimum atomic E-state index is -1.35.